The van der Waals surface area contributed by atoms with E-state index in [2.05, 4.69) is 34.5 Å². The summed E-state index contributed by atoms with van der Waals surface area (Å²) in [6, 6.07) is 0. The zero-order valence-electron chi connectivity index (χ0n) is 7.73. The predicted octanol–water partition coefficient (Wildman–Crippen LogP) is 2.78. The maximum absolute atomic E-state index is 10.8. The topological polar surface area (TPSA) is 35.5 Å². The van der Waals surface area contributed by atoms with Gasteiger partial charge in [-0.3, -0.25) is 4.79 Å². The smallest absolute Gasteiger partial charge is 0.132 e. The molecule has 1 rings (SSSR count). The third-order valence-electron chi connectivity index (χ3n) is 2.21. The zero-order valence-corrected chi connectivity index (χ0v) is 9.52. The van der Waals surface area contributed by atoms with Crippen molar-refractivity contribution in [3.8, 4) is 0 Å². The highest BCUT2D eigenvalue weighted by molar-refractivity contribution is 7.77. The molecule has 0 saturated heterocycles. The first-order valence-electron chi connectivity index (χ1n) is 4.34. The molecule has 13 heavy (non-hydrogen) atoms. The van der Waals surface area contributed by atoms with E-state index in [9.17, 15) is 4.79 Å². The van der Waals surface area contributed by atoms with Crippen LogP contribution in [0.3, 0.4) is 0 Å². The molecule has 0 spiro atoms. The molecule has 1 aliphatic rings. The number of Topliss-reactive ketones (excluding diaryl/α,β-unsaturated/α-hetero) is 1. The highest BCUT2D eigenvalue weighted by Gasteiger charge is 2.16. The molecular weight excluding hydrogens is 208 g/mol. The monoisotopic (exact) mass is 224 g/mol. The van der Waals surface area contributed by atoms with Crippen molar-refractivity contribution in [1.29, 1.82) is 0 Å². The normalized spacial score (nSPS) is 17.5. The van der Waals surface area contributed by atoms with Gasteiger partial charge >= 0.3 is 0 Å². The SMILES string of the molecule is CC(=O)C1CCCCC1.SOOS. The first kappa shape index (κ1) is 13.3. The predicted molar refractivity (Wildman–Crippen MR) is 57.4 cm³/mol. The van der Waals surface area contributed by atoms with Gasteiger partial charge in [-0.25, -0.2) is 0 Å². The van der Waals surface area contributed by atoms with Gasteiger partial charge in [0.15, 0.2) is 0 Å². The second kappa shape index (κ2) is 8.87. The summed E-state index contributed by atoms with van der Waals surface area (Å²) in [4.78, 5) is 10.8. The summed E-state index contributed by atoms with van der Waals surface area (Å²) in [7, 11) is 0. The van der Waals surface area contributed by atoms with E-state index in [4.69, 9.17) is 0 Å². The van der Waals surface area contributed by atoms with Crippen LogP contribution < -0.4 is 0 Å². The van der Waals surface area contributed by atoms with Gasteiger partial charge in [0.2, 0.25) is 0 Å². The van der Waals surface area contributed by atoms with Crippen LogP contribution in [0.25, 0.3) is 0 Å². The van der Waals surface area contributed by atoms with E-state index in [-0.39, 0.29) is 0 Å². The molecule has 0 N–H and O–H groups in total. The Labute approximate surface area is 90.3 Å². The van der Waals surface area contributed by atoms with Gasteiger partial charge in [-0.2, -0.15) is 8.67 Å². The molecule has 0 unspecified atom stereocenters. The third kappa shape index (κ3) is 7.37. The van der Waals surface area contributed by atoms with Crippen molar-refractivity contribution in [2.45, 2.75) is 39.0 Å². The molecule has 0 bridgehead atoms. The van der Waals surface area contributed by atoms with Crippen molar-refractivity contribution in [2.75, 3.05) is 0 Å². The van der Waals surface area contributed by atoms with Crippen molar-refractivity contribution in [1.82, 2.24) is 0 Å². The van der Waals surface area contributed by atoms with Gasteiger partial charge in [-0.1, -0.05) is 19.3 Å². The summed E-state index contributed by atoms with van der Waals surface area (Å²) in [5.41, 5.74) is 0. The largest absolute Gasteiger partial charge is 0.300 e. The lowest BCUT2D eigenvalue weighted by Crippen LogP contribution is -2.13. The number of rotatable bonds is 2. The first-order valence-corrected chi connectivity index (χ1v) is 5.07. The van der Waals surface area contributed by atoms with E-state index >= 15 is 0 Å². The van der Waals surface area contributed by atoms with Gasteiger partial charge in [0.1, 0.15) is 5.78 Å². The Morgan fingerprint density at radius 3 is 1.85 bits per heavy atom. The fourth-order valence-electron chi connectivity index (χ4n) is 1.51. The third-order valence-corrected chi connectivity index (χ3v) is 2.48. The van der Waals surface area contributed by atoms with Crippen LogP contribution in [0.2, 0.25) is 0 Å². The van der Waals surface area contributed by atoms with Crippen LogP contribution in [-0.4, -0.2) is 5.78 Å². The van der Waals surface area contributed by atoms with Crippen LogP contribution in [0.15, 0.2) is 0 Å². The summed E-state index contributed by atoms with van der Waals surface area (Å²) in [6.45, 7) is 1.72. The van der Waals surface area contributed by atoms with Crippen LogP contribution >= 0.6 is 25.8 Å². The Bertz CT molecular complexity index is 133. The van der Waals surface area contributed by atoms with E-state index in [0.717, 1.165) is 12.8 Å². The lowest BCUT2D eigenvalue weighted by atomic mass is 9.87. The van der Waals surface area contributed by atoms with Crippen molar-refractivity contribution >= 4 is 31.6 Å². The second-order valence-electron chi connectivity index (χ2n) is 3.09. The van der Waals surface area contributed by atoms with E-state index in [0.29, 0.717) is 11.7 Å². The summed E-state index contributed by atoms with van der Waals surface area (Å²) in [5.74, 6) is 0.813. The Hall–Kier alpha value is 0.290. The van der Waals surface area contributed by atoms with E-state index in [1.165, 1.54) is 19.3 Å². The Morgan fingerprint density at radius 2 is 1.62 bits per heavy atom. The molecular formula is C8H16O3S2. The summed E-state index contributed by atoms with van der Waals surface area (Å²) in [6.07, 6.45) is 6.17. The van der Waals surface area contributed by atoms with E-state index in [1.54, 1.807) is 6.92 Å². The Morgan fingerprint density at radius 1 is 1.15 bits per heavy atom. The second-order valence-corrected chi connectivity index (χ2v) is 3.39. The lowest BCUT2D eigenvalue weighted by Gasteiger charge is -2.17. The number of thiol groups is 2. The molecule has 0 radical (unpaired) electrons. The molecule has 3 nitrogen and oxygen atoms in total. The van der Waals surface area contributed by atoms with Crippen molar-refractivity contribution < 1.29 is 13.5 Å². The van der Waals surface area contributed by atoms with Gasteiger partial charge in [0.25, 0.3) is 0 Å². The van der Waals surface area contributed by atoms with Gasteiger partial charge in [-0.05, 0) is 19.8 Å². The minimum Gasteiger partial charge on any atom is -0.300 e. The molecule has 0 aliphatic heterocycles. The highest BCUT2D eigenvalue weighted by atomic mass is 32.1. The highest BCUT2D eigenvalue weighted by Crippen LogP contribution is 2.23. The minimum atomic E-state index is 0.398. The van der Waals surface area contributed by atoms with Crippen molar-refractivity contribution in [3.63, 3.8) is 0 Å². The molecule has 0 aromatic rings. The summed E-state index contributed by atoms with van der Waals surface area (Å²) in [5, 5.41) is 0. The molecule has 1 fully saturated rings. The molecule has 1 saturated carbocycles. The molecule has 0 atom stereocenters. The number of carbonyl (C=O) groups is 1. The molecule has 0 amide bonds. The number of carbonyl (C=O) groups excluding carboxylic acids is 1. The van der Waals surface area contributed by atoms with Crippen LogP contribution in [0, 0.1) is 5.92 Å². The van der Waals surface area contributed by atoms with Crippen molar-refractivity contribution in [3.05, 3.63) is 0 Å². The van der Waals surface area contributed by atoms with Crippen LogP contribution in [0.5, 0.6) is 0 Å². The quantitative estimate of drug-likeness (QED) is 0.328. The molecule has 0 aromatic carbocycles. The van der Waals surface area contributed by atoms with Crippen LogP contribution in [-0.2, 0) is 13.5 Å². The summed E-state index contributed by atoms with van der Waals surface area (Å²) >= 11 is 6.24. The van der Waals surface area contributed by atoms with Crippen molar-refractivity contribution in [2.24, 2.45) is 5.92 Å². The fraction of sp³-hybridized carbons (Fsp3) is 0.875. The van der Waals surface area contributed by atoms with Crippen LogP contribution in [0.4, 0.5) is 0 Å². The fourth-order valence-corrected chi connectivity index (χ4v) is 1.51. The standard InChI is InChI=1S/C8H14O.H2O2S2/c1-7(9)8-5-3-2-4-6-8;3-1-2-4/h8H,2-6H2,1H3;3-4H. The Kier molecular flexibility index (Phi) is 9.07. The molecule has 0 heterocycles. The number of hydrogen-bond donors (Lipinski definition) is 2. The average molecular weight is 224 g/mol. The zero-order chi connectivity index (χ0) is 10.1. The number of hydrogen-bond acceptors (Lipinski definition) is 5. The Balaban J connectivity index is 0.000000310. The maximum Gasteiger partial charge on any atom is 0.132 e. The van der Waals surface area contributed by atoms with E-state index < -0.39 is 0 Å². The van der Waals surface area contributed by atoms with Gasteiger partial charge in [-0.15, -0.1) is 0 Å². The summed E-state index contributed by atoms with van der Waals surface area (Å²) < 4.78 is 7.20. The molecule has 5 heteroatoms. The van der Waals surface area contributed by atoms with Crippen LogP contribution in [0.1, 0.15) is 39.0 Å². The van der Waals surface area contributed by atoms with Gasteiger partial charge in [0.05, 0.1) is 0 Å². The molecule has 1 aliphatic carbocycles. The molecule has 78 valence electrons. The number of ketones is 1. The van der Waals surface area contributed by atoms with Gasteiger partial charge in [0, 0.05) is 31.7 Å². The molecule has 0 aromatic heterocycles. The first-order chi connectivity index (χ1) is 6.22. The average Bonchev–Trinajstić information content (AvgIpc) is 2.19. The maximum atomic E-state index is 10.8. The van der Waals surface area contributed by atoms with Gasteiger partial charge < -0.3 is 0 Å². The lowest BCUT2D eigenvalue weighted by molar-refractivity contribution is -0.121. The van der Waals surface area contributed by atoms with E-state index in [1.807, 2.05) is 0 Å². The minimum absolute atomic E-state index is 0.398.